The lowest BCUT2D eigenvalue weighted by atomic mass is 9.98. The van der Waals surface area contributed by atoms with Gasteiger partial charge in [0.2, 0.25) is 0 Å². The maximum absolute atomic E-state index is 6.17. The van der Waals surface area contributed by atoms with Gasteiger partial charge in [0.15, 0.2) is 0 Å². The summed E-state index contributed by atoms with van der Waals surface area (Å²) in [6, 6.07) is 30.7. The highest BCUT2D eigenvalue weighted by Crippen LogP contribution is 2.38. The molecule has 2 heteroatoms. The first kappa shape index (κ1) is 20.8. The second kappa shape index (κ2) is 8.15. The first-order chi connectivity index (χ1) is 15.4. The molecule has 0 spiro atoms. The highest BCUT2D eigenvalue weighted by molar-refractivity contribution is 6.30. The van der Waals surface area contributed by atoms with Crippen molar-refractivity contribution in [1.82, 2.24) is 4.57 Å². The molecule has 0 aliphatic heterocycles. The number of rotatable bonds is 4. The zero-order valence-corrected chi connectivity index (χ0v) is 19.8. The van der Waals surface area contributed by atoms with E-state index >= 15 is 0 Å². The number of aromatic nitrogens is 1. The quantitative estimate of drug-likeness (QED) is 0.264. The molecule has 1 heterocycles. The molecule has 0 atom stereocenters. The van der Waals surface area contributed by atoms with Crippen molar-refractivity contribution in [3.8, 4) is 16.8 Å². The molecule has 0 unspecified atom stereocenters. The minimum absolute atomic E-state index is 0.493. The van der Waals surface area contributed by atoms with E-state index in [1.165, 1.54) is 44.2 Å². The summed E-state index contributed by atoms with van der Waals surface area (Å²) in [5.41, 5.74) is 8.78. The Kier molecular flexibility index (Phi) is 5.31. The van der Waals surface area contributed by atoms with Gasteiger partial charge in [-0.25, -0.2) is 0 Å². The largest absolute Gasteiger partial charge is 0.309 e. The topological polar surface area (TPSA) is 4.93 Å². The second-order valence-electron chi connectivity index (χ2n) is 9.22. The Hall–Kier alpha value is -3.03. The third-order valence-corrected chi connectivity index (χ3v) is 6.70. The van der Waals surface area contributed by atoms with Crippen LogP contribution in [0.2, 0.25) is 5.02 Å². The predicted molar refractivity (Wildman–Crippen MR) is 139 cm³/mol. The van der Waals surface area contributed by atoms with Gasteiger partial charge in [-0.15, -0.1) is 0 Å². The van der Waals surface area contributed by atoms with E-state index in [1.807, 2.05) is 12.1 Å². The molecular weight excluding hydrogens is 410 g/mol. The van der Waals surface area contributed by atoms with E-state index in [1.54, 1.807) is 0 Å². The number of nitrogens with zero attached hydrogens (tertiary/aromatic N) is 1. The Morgan fingerprint density at radius 3 is 1.69 bits per heavy atom. The van der Waals surface area contributed by atoms with Crippen LogP contribution in [0.4, 0.5) is 0 Å². The van der Waals surface area contributed by atoms with Gasteiger partial charge in [0.1, 0.15) is 0 Å². The average Bonchev–Trinajstić information content (AvgIpc) is 3.12. The molecule has 0 aliphatic carbocycles. The number of benzene rings is 4. The number of halogens is 1. The maximum atomic E-state index is 6.17. The summed E-state index contributed by atoms with van der Waals surface area (Å²) in [7, 11) is 0. The van der Waals surface area contributed by atoms with Gasteiger partial charge < -0.3 is 4.57 Å². The molecule has 5 aromatic rings. The summed E-state index contributed by atoms with van der Waals surface area (Å²) in [5.74, 6) is 0.986. The molecule has 0 fully saturated rings. The normalized spacial score (nSPS) is 11.8. The third kappa shape index (κ3) is 3.51. The summed E-state index contributed by atoms with van der Waals surface area (Å²) in [4.78, 5) is 0. The van der Waals surface area contributed by atoms with Gasteiger partial charge in [0.05, 0.1) is 16.7 Å². The predicted octanol–water partition coefficient (Wildman–Crippen LogP) is 9.35. The zero-order valence-electron chi connectivity index (χ0n) is 19.1. The third-order valence-electron chi connectivity index (χ3n) is 6.45. The van der Waals surface area contributed by atoms with Crippen molar-refractivity contribution in [3.05, 3.63) is 101 Å². The van der Waals surface area contributed by atoms with Gasteiger partial charge in [-0.05, 0) is 71.0 Å². The Labute approximate surface area is 195 Å². The molecule has 0 bridgehead atoms. The lowest BCUT2D eigenvalue weighted by Crippen LogP contribution is -1.97. The number of hydrogen-bond donors (Lipinski definition) is 0. The molecule has 5 rings (SSSR count). The van der Waals surface area contributed by atoms with Crippen molar-refractivity contribution in [2.24, 2.45) is 0 Å². The van der Waals surface area contributed by atoms with Gasteiger partial charge in [0.25, 0.3) is 0 Å². The monoisotopic (exact) mass is 437 g/mol. The number of fused-ring (bicyclic) bond motifs is 3. The molecule has 0 N–H and O–H groups in total. The van der Waals surface area contributed by atoms with E-state index in [9.17, 15) is 0 Å². The van der Waals surface area contributed by atoms with E-state index in [-0.39, 0.29) is 0 Å². The Balaban J connectivity index is 1.86. The van der Waals surface area contributed by atoms with Crippen molar-refractivity contribution in [1.29, 1.82) is 0 Å². The van der Waals surface area contributed by atoms with Crippen LogP contribution in [-0.4, -0.2) is 4.57 Å². The van der Waals surface area contributed by atoms with Gasteiger partial charge in [-0.2, -0.15) is 0 Å². The first-order valence-corrected chi connectivity index (χ1v) is 11.7. The molecule has 4 aromatic carbocycles. The van der Waals surface area contributed by atoms with Crippen LogP contribution in [0.25, 0.3) is 38.6 Å². The lowest BCUT2D eigenvalue weighted by molar-refractivity contribution is 0.868. The van der Waals surface area contributed by atoms with Gasteiger partial charge in [-0.1, -0.05) is 81.8 Å². The fourth-order valence-corrected chi connectivity index (χ4v) is 4.70. The smallest absolute Gasteiger partial charge is 0.0541 e. The van der Waals surface area contributed by atoms with Crippen LogP contribution in [0.5, 0.6) is 0 Å². The van der Waals surface area contributed by atoms with E-state index < -0.39 is 0 Å². The minimum atomic E-state index is 0.493. The lowest BCUT2D eigenvalue weighted by Gasteiger charge is -2.15. The van der Waals surface area contributed by atoms with Gasteiger partial charge in [0, 0.05) is 21.4 Å². The summed E-state index contributed by atoms with van der Waals surface area (Å²) in [6.45, 7) is 9.04. The van der Waals surface area contributed by atoms with Crippen molar-refractivity contribution in [3.63, 3.8) is 0 Å². The Bertz CT molecular complexity index is 1360. The molecule has 0 saturated heterocycles. The molecule has 0 aliphatic rings. The number of hydrogen-bond acceptors (Lipinski definition) is 0. The second-order valence-corrected chi connectivity index (χ2v) is 9.66. The fourth-order valence-electron chi connectivity index (χ4n) is 4.58. The van der Waals surface area contributed by atoms with Gasteiger partial charge >= 0.3 is 0 Å². The van der Waals surface area contributed by atoms with Crippen LogP contribution in [0.3, 0.4) is 0 Å². The molecule has 0 saturated carbocycles. The van der Waals surface area contributed by atoms with Crippen LogP contribution >= 0.6 is 11.6 Å². The Morgan fingerprint density at radius 1 is 0.625 bits per heavy atom. The van der Waals surface area contributed by atoms with Crippen LogP contribution < -0.4 is 0 Å². The average molecular weight is 438 g/mol. The van der Waals surface area contributed by atoms with Crippen LogP contribution in [0.15, 0.2) is 84.9 Å². The van der Waals surface area contributed by atoms with Crippen molar-refractivity contribution < 1.29 is 0 Å². The van der Waals surface area contributed by atoms with Crippen LogP contribution in [0.1, 0.15) is 50.7 Å². The SMILES string of the molecule is CC(C)c1ccc2c(c1)c1cc(C(C)C)ccc1n2-c1ccccc1-c1ccc(Cl)cc1. The van der Waals surface area contributed by atoms with Crippen molar-refractivity contribution in [2.45, 2.75) is 39.5 Å². The Morgan fingerprint density at radius 2 is 1.16 bits per heavy atom. The summed E-state index contributed by atoms with van der Waals surface area (Å²) in [5, 5.41) is 3.39. The molecule has 32 heavy (non-hydrogen) atoms. The molecule has 0 radical (unpaired) electrons. The zero-order chi connectivity index (χ0) is 22.4. The highest BCUT2D eigenvalue weighted by Gasteiger charge is 2.17. The van der Waals surface area contributed by atoms with Crippen molar-refractivity contribution in [2.75, 3.05) is 0 Å². The highest BCUT2D eigenvalue weighted by atomic mass is 35.5. The number of para-hydroxylation sites is 1. The molecule has 1 aromatic heterocycles. The van der Waals surface area contributed by atoms with E-state index in [0.717, 1.165) is 10.6 Å². The molecular formula is C30H28ClN. The fraction of sp³-hybridized carbons (Fsp3) is 0.200. The molecule has 1 nitrogen and oxygen atoms in total. The van der Waals surface area contributed by atoms with Crippen LogP contribution in [0, 0.1) is 0 Å². The van der Waals surface area contributed by atoms with E-state index in [2.05, 4.69) is 105 Å². The molecule has 160 valence electrons. The standard InChI is InChI=1S/C30H28ClN/c1-19(2)22-11-15-29-26(17-22)27-18-23(20(3)4)12-16-30(27)32(29)28-8-6-5-7-25(28)21-9-13-24(31)14-10-21/h5-20H,1-4H3. The van der Waals surface area contributed by atoms with E-state index in [0.29, 0.717) is 11.8 Å². The first-order valence-electron chi connectivity index (χ1n) is 11.4. The molecule has 0 amide bonds. The summed E-state index contributed by atoms with van der Waals surface area (Å²) < 4.78 is 2.42. The van der Waals surface area contributed by atoms with Gasteiger partial charge in [-0.3, -0.25) is 0 Å². The van der Waals surface area contributed by atoms with E-state index in [4.69, 9.17) is 11.6 Å². The van der Waals surface area contributed by atoms with Crippen LogP contribution in [-0.2, 0) is 0 Å². The maximum Gasteiger partial charge on any atom is 0.0541 e. The summed E-state index contributed by atoms with van der Waals surface area (Å²) in [6.07, 6.45) is 0. The summed E-state index contributed by atoms with van der Waals surface area (Å²) >= 11 is 6.17. The van der Waals surface area contributed by atoms with Crippen molar-refractivity contribution >= 4 is 33.4 Å². The minimum Gasteiger partial charge on any atom is -0.309 e.